The molecule has 0 spiro atoms. The molecule has 286 valence electrons. The van der Waals surface area contributed by atoms with Crippen molar-refractivity contribution < 1.29 is 59.5 Å². The Morgan fingerprint density at radius 2 is 1.66 bits per heavy atom. The number of rotatable bonds is 9. The highest BCUT2D eigenvalue weighted by Crippen LogP contribution is 2.74. The number of fused-ring (bicyclic) bond motifs is 5. The number of Topliss-reactive ketones (excluding diaryl/α,β-unsaturated/α-hetero) is 1. The Morgan fingerprint density at radius 1 is 1.02 bits per heavy atom. The Morgan fingerprint density at radius 3 is 2.26 bits per heavy atom. The van der Waals surface area contributed by atoms with Gasteiger partial charge in [0.15, 0.2) is 6.29 Å². The van der Waals surface area contributed by atoms with Crippen molar-refractivity contribution in [3.8, 4) is 0 Å². The fourth-order valence-corrected chi connectivity index (χ4v) is 11.5. The van der Waals surface area contributed by atoms with E-state index in [0.717, 1.165) is 5.57 Å². The molecule has 4 fully saturated rings. The van der Waals surface area contributed by atoms with Gasteiger partial charge in [-0.1, -0.05) is 46.3 Å². The quantitative estimate of drug-likeness (QED) is 0.136. The zero-order chi connectivity index (χ0) is 37.6. The summed E-state index contributed by atoms with van der Waals surface area (Å²) >= 11 is 0. The second-order valence-corrected chi connectivity index (χ2v) is 18.2. The highest BCUT2D eigenvalue weighted by atomic mass is 16.7. The van der Waals surface area contributed by atoms with Crippen molar-refractivity contribution in [3.05, 3.63) is 11.6 Å². The van der Waals surface area contributed by atoms with E-state index in [1.54, 1.807) is 20.8 Å². The molecule has 0 aromatic rings. The van der Waals surface area contributed by atoms with E-state index in [4.69, 9.17) is 14.2 Å². The first-order valence-corrected chi connectivity index (χ1v) is 18.4. The Hall–Kier alpha value is -1.48. The van der Waals surface area contributed by atoms with E-state index >= 15 is 0 Å². The van der Waals surface area contributed by atoms with E-state index < -0.39 is 100 Å². The molecule has 0 aromatic carbocycles. The predicted molar refractivity (Wildman–Crippen MR) is 181 cm³/mol. The molecule has 15 atom stereocenters. The lowest BCUT2D eigenvalue weighted by Crippen LogP contribution is -2.65. The van der Waals surface area contributed by atoms with Gasteiger partial charge in [-0.05, 0) is 82.0 Å². The number of carbonyl (C=O) groups is 2. The van der Waals surface area contributed by atoms with Crippen molar-refractivity contribution in [2.24, 2.45) is 39.4 Å². The van der Waals surface area contributed by atoms with Gasteiger partial charge in [-0.2, -0.15) is 0 Å². The van der Waals surface area contributed by atoms with Gasteiger partial charge in [0.05, 0.1) is 30.5 Å². The third-order valence-corrected chi connectivity index (χ3v) is 14.5. The van der Waals surface area contributed by atoms with E-state index in [-0.39, 0.29) is 30.5 Å². The zero-order valence-corrected chi connectivity index (χ0v) is 31.3. The second-order valence-electron chi connectivity index (χ2n) is 18.2. The van der Waals surface area contributed by atoms with Gasteiger partial charge in [0.2, 0.25) is 0 Å². The summed E-state index contributed by atoms with van der Waals surface area (Å²) in [5, 5.41) is 76.2. The van der Waals surface area contributed by atoms with Gasteiger partial charge in [-0.15, -0.1) is 0 Å². The molecule has 1 saturated heterocycles. The SMILES string of the molecule is CC(=O)OC(C)(C)CC[C@H](O)[C@](C)(O)[C@H]1[C@H](O)C[C@@]2(C)[C@@H]3CC=C4[C@@H](CC[C@H](O[C@@H]5O[C@H](CO)[C@@H](O)[C@H](O)[C@H]5O)C4(C)C)[C@]3(C)C(=O)C[C@]12C. The molecule has 5 rings (SSSR count). The molecular formula is C38H62O12. The Bertz CT molecular complexity index is 1340. The molecule has 5 aliphatic rings. The van der Waals surface area contributed by atoms with Crippen LogP contribution in [0.25, 0.3) is 0 Å². The van der Waals surface area contributed by atoms with Crippen molar-refractivity contribution in [1.82, 2.24) is 0 Å². The Labute approximate surface area is 296 Å². The summed E-state index contributed by atoms with van der Waals surface area (Å²) in [5.41, 5.74) is -4.25. The molecule has 7 N–H and O–H groups in total. The third-order valence-electron chi connectivity index (χ3n) is 14.5. The highest BCUT2D eigenvalue weighted by Gasteiger charge is 2.74. The summed E-state index contributed by atoms with van der Waals surface area (Å²) in [6.07, 6.45) is -4.70. The topological polar surface area (TPSA) is 203 Å². The minimum Gasteiger partial charge on any atom is -0.460 e. The second kappa shape index (κ2) is 13.1. The van der Waals surface area contributed by atoms with Gasteiger partial charge >= 0.3 is 5.97 Å². The monoisotopic (exact) mass is 710 g/mol. The lowest BCUT2D eigenvalue weighted by Gasteiger charge is -2.65. The van der Waals surface area contributed by atoms with E-state index in [2.05, 4.69) is 19.9 Å². The molecule has 50 heavy (non-hydrogen) atoms. The van der Waals surface area contributed by atoms with Crippen LogP contribution in [0.15, 0.2) is 11.6 Å². The molecule has 1 heterocycles. The molecule has 0 bridgehead atoms. The number of esters is 1. The summed E-state index contributed by atoms with van der Waals surface area (Å²) in [6.45, 7) is 16.1. The number of carbonyl (C=O) groups excluding carboxylic acids is 2. The van der Waals surface area contributed by atoms with Crippen LogP contribution in [0.4, 0.5) is 0 Å². The highest BCUT2D eigenvalue weighted by molar-refractivity contribution is 5.88. The van der Waals surface area contributed by atoms with Crippen LogP contribution in [0.2, 0.25) is 0 Å². The predicted octanol–water partition coefficient (Wildman–Crippen LogP) is 2.16. The average Bonchev–Trinajstić information content (AvgIpc) is 3.21. The summed E-state index contributed by atoms with van der Waals surface area (Å²) in [5.74, 6) is -1.42. The van der Waals surface area contributed by atoms with E-state index in [9.17, 15) is 45.3 Å². The van der Waals surface area contributed by atoms with Crippen LogP contribution in [0, 0.1) is 39.4 Å². The number of allylic oxidation sites excluding steroid dienone is 1. The molecule has 0 radical (unpaired) electrons. The van der Waals surface area contributed by atoms with Gasteiger partial charge in [0, 0.05) is 30.1 Å². The van der Waals surface area contributed by atoms with Crippen LogP contribution in [-0.4, -0.2) is 114 Å². The number of hydrogen-bond acceptors (Lipinski definition) is 12. The summed E-state index contributed by atoms with van der Waals surface area (Å²) < 4.78 is 17.4. The number of hydrogen-bond donors (Lipinski definition) is 7. The van der Waals surface area contributed by atoms with Gasteiger partial charge in [-0.25, -0.2) is 0 Å². The minimum absolute atomic E-state index is 0.0718. The van der Waals surface area contributed by atoms with Crippen molar-refractivity contribution in [1.29, 1.82) is 0 Å². The van der Waals surface area contributed by atoms with Gasteiger partial charge < -0.3 is 50.0 Å². The van der Waals surface area contributed by atoms with Crippen molar-refractivity contribution in [3.63, 3.8) is 0 Å². The maximum absolute atomic E-state index is 14.7. The lowest BCUT2D eigenvalue weighted by atomic mass is 9.38. The van der Waals surface area contributed by atoms with Gasteiger partial charge in [0.25, 0.3) is 0 Å². The van der Waals surface area contributed by atoms with Crippen LogP contribution < -0.4 is 0 Å². The van der Waals surface area contributed by atoms with Crippen LogP contribution in [0.5, 0.6) is 0 Å². The summed E-state index contributed by atoms with van der Waals surface area (Å²) in [7, 11) is 0. The smallest absolute Gasteiger partial charge is 0.303 e. The Balaban J connectivity index is 1.41. The van der Waals surface area contributed by atoms with Gasteiger partial charge in [-0.3, -0.25) is 9.59 Å². The molecule has 12 nitrogen and oxygen atoms in total. The van der Waals surface area contributed by atoms with Crippen molar-refractivity contribution >= 4 is 11.8 Å². The summed E-state index contributed by atoms with van der Waals surface area (Å²) in [4.78, 5) is 26.3. The Kier molecular flexibility index (Phi) is 10.4. The maximum atomic E-state index is 14.7. The first-order chi connectivity index (χ1) is 22.9. The molecule has 0 unspecified atom stereocenters. The average molecular weight is 711 g/mol. The number of ether oxygens (including phenoxy) is 3. The number of aliphatic hydroxyl groups is 7. The molecule has 12 heteroatoms. The number of aliphatic hydroxyl groups excluding tert-OH is 6. The molecule has 0 amide bonds. The minimum atomic E-state index is -1.73. The van der Waals surface area contributed by atoms with Crippen LogP contribution >= 0.6 is 0 Å². The largest absolute Gasteiger partial charge is 0.460 e. The van der Waals surface area contributed by atoms with Crippen molar-refractivity contribution in [2.75, 3.05) is 6.61 Å². The fraction of sp³-hybridized carbons (Fsp3) is 0.895. The van der Waals surface area contributed by atoms with E-state index in [0.29, 0.717) is 32.1 Å². The fourth-order valence-electron chi connectivity index (χ4n) is 11.5. The molecular weight excluding hydrogens is 648 g/mol. The van der Waals surface area contributed by atoms with Crippen LogP contribution in [0.1, 0.15) is 107 Å². The van der Waals surface area contributed by atoms with Crippen LogP contribution in [0.3, 0.4) is 0 Å². The molecule has 0 aromatic heterocycles. The van der Waals surface area contributed by atoms with E-state index in [1.807, 2.05) is 20.8 Å². The van der Waals surface area contributed by atoms with Gasteiger partial charge in [0.1, 0.15) is 35.8 Å². The van der Waals surface area contributed by atoms with Crippen LogP contribution in [-0.2, 0) is 23.8 Å². The first kappa shape index (κ1) is 39.7. The lowest BCUT2D eigenvalue weighted by molar-refractivity contribution is -0.319. The van der Waals surface area contributed by atoms with Crippen molar-refractivity contribution in [2.45, 2.75) is 167 Å². The molecule has 3 saturated carbocycles. The molecule has 4 aliphatic carbocycles. The first-order valence-electron chi connectivity index (χ1n) is 18.4. The maximum Gasteiger partial charge on any atom is 0.303 e. The van der Waals surface area contributed by atoms with E-state index in [1.165, 1.54) is 6.92 Å². The normalized spacial score (nSPS) is 46.2. The standard InChI is InChI=1S/C38H62O12/c1-19(40)50-33(2,3)15-14-25(42)38(9,47)31-22(41)16-35(6)24-12-10-20-21(37(24,8)26(43)17-36(31,35)7)11-13-27(34(20,4)5)49-32-30(46)29(45)28(44)23(18-39)48-32/h10,21-25,27-32,39,41-42,44-47H,11-18H2,1-9H3/t21-,22-,23-,24+,25+,27+,28-,29+,30-,31+,32+,35+,36-,37+,38+/m1/s1. The zero-order valence-electron chi connectivity index (χ0n) is 31.3. The number of ketones is 1. The third kappa shape index (κ3) is 6.02. The molecule has 1 aliphatic heterocycles. The summed E-state index contributed by atoms with van der Waals surface area (Å²) in [6, 6.07) is 0.